The van der Waals surface area contributed by atoms with Crippen molar-refractivity contribution in [3.63, 3.8) is 0 Å². The maximum absolute atomic E-state index is 13.0. The van der Waals surface area contributed by atoms with Gasteiger partial charge in [-0.2, -0.15) is 0 Å². The molecule has 0 unspecified atom stereocenters. The van der Waals surface area contributed by atoms with Crippen LogP contribution in [0.2, 0.25) is 10.0 Å². The molecule has 0 saturated heterocycles. The molecule has 1 aromatic carbocycles. The van der Waals surface area contributed by atoms with Crippen LogP contribution in [0.15, 0.2) is 42.6 Å². The fourth-order valence-electron chi connectivity index (χ4n) is 3.25. The van der Waals surface area contributed by atoms with E-state index in [-0.39, 0.29) is 12.3 Å². The highest BCUT2D eigenvalue weighted by Gasteiger charge is 2.21. The molecule has 2 aromatic heterocycles. The molecule has 0 aliphatic rings. The maximum Gasteiger partial charge on any atom is 0.228 e. The van der Waals surface area contributed by atoms with Crippen molar-refractivity contribution < 1.29 is 4.79 Å². The molecule has 0 atom stereocenters. The van der Waals surface area contributed by atoms with Crippen molar-refractivity contribution in [3.8, 4) is 11.3 Å². The number of imidazole rings is 1. The summed E-state index contributed by atoms with van der Waals surface area (Å²) in [5.41, 5.74) is 3.18. The first-order chi connectivity index (χ1) is 13.0. The minimum atomic E-state index is 0.107. The predicted molar refractivity (Wildman–Crippen MR) is 112 cm³/mol. The number of carbonyl (C=O) groups excluding carboxylic acids is 1. The number of amides is 1. The summed E-state index contributed by atoms with van der Waals surface area (Å²) in [5.74, 6) is 0.107. The standard InChI is InChI=1S/C21H23Cl2N3O/c1-3-11-25(12-4-2)19(27)14-18-20(15-7-9-16(22)10-8-15)24-21-17(23)6-5-13-26(18)21/h5-10,13H,3-4,11-12,14H2,1-2H3. The molecule has 3 aromatic rings. The number of fused-ring (bicyclic) bond motifs is 1. The van der Waals surface area contributed by atoms with E-state index in [1.54, 1.807) is 0 Å². The number of benzene rings is 1. The van der Waals surface area contributed by atoms with Gasteiger partial charge in [0.1, 0.15) is 0 Å². The van der Waals surface area contributed by atoms with E-state index in [1.165, 1.54) is 0 Å². The van der Waals surface area contributed by atoms with Gasteiger partial charge in [-0.05, 0) is 37.1 Å². The molecule has 0 fully saturated rings. The number of pyridine rings is 1. The van der Waals surface area contributed by atoms with Gasteiger partial charge in [0.2, 0.25) is 5.91 Å². The van der Waals surface area contributed by atoms with E-state index in [2.05, 4.69) is 13.8 Å². The Hall–Kier alpha value is -2.04. The molecular formula is C21H23Cl2N3O. The predicted octanol–water partition coefficient (Wildman–Crippen LogP) is 5.50. The second kappa shape index (κ2) is 8.77. The summed E-state index contributed by atoms with van der Waals surface area (Å²) >= 11 is 12.4. The fraction of sp³-hybridized carbons (Fsp3) is 0.333. The second-order valence-electron chi connectivity index (χ2n) is 6.52. The summed E-state index contributed by atoms with van der Waals surface area (Å²) in [6, 6.07) is 11.2. The van der Waals surface area contributed by atoms with Crippen LogP contribution >= 0.6 is 23.2 Å². The molecule has 0 bridgehead atoms. The van der Waals surface area contributed by atoms with Crippen molar-refractivity contribution in [2.45, 2.75) is 33.1 Å². The zero-order chi connectivity index (χ0) is 19.4. The summed E-state index contributed by atoms with van der Waals surface area (Å²) in [6.07, 6.45) is 4.06. The molecule has 0 spiro atoms. The van der Waals surface area contributed by atoms with Crippen molar-refractivity contribution in [1.82, 2.24) is 14.3 Å². The molecule has 6 heteroatoms. The molecule has 1 amide bonds. The van der Waals surface area contributed by atoms with Gasteiger partial charge >= 0.3 is 0 Å². The highest BCUT2D eigenvalue weighted by Crippen LogP contribution is 2.29. The van der Waals surface area contributed by atoms with Crippen LogP contribution in [0.3, 0.4) is 0 Å². The summed E-state index contributed by atoms with van der Waals surface area (Å²) < 4.78 is 1.92. The average molecular weight is 404 g/mol. The Kier molecular flexibility index (Phi) is 6.40. The van der Waals surface area contributed by atoms with Crippen molar-refractivity contribution in [2.24, 2.45) is 0 Å². The normalized spacial score (nSPS) is 11.1. The first kappa shape index (κ1) is 19.7. The Balaban J connectivity index is 2.07. The maximum atomic E-state index is 13.0. The Bertz CT molecular complexity index is 928. The van der Waals surface area contributed by atoms with Crippen LogP contribution in [-0.2, 0) is 11.2 Å². The van der Waals surface area contributed by atoms with Crippen LogP contribution < -0.4 is 0 Å². The van der Waals surface area contributed by atoms with Gasteiger partial charge < -0.3 is 9.30 Å². The zero-order valence-electron chi connectivity index (χ0n) is 15.6. The van der Waals surface area contributed by atoms with Crippen LogP contribution in [0, 0.1) is 0 Å². The van der Waals surface area contributed by atoms with Gasteiger partial charge in [-0.3, -0.25) is 4.79 Å². The van der Waals surface area contributed by atoms with Gasteiger partial charge in [-0.25, -0.2) is 4.98 Å². The van der Waals surface area contributed by atoms with E-state index in [0.717, 1.165) is 42.9 Å². The summed E-state index contributed by atoms with van der Waals surface area (Å²) in [7, 11) is 0. The molecule has 142 valence electrons. The molecule has 3 rings (SSSR count). The van der Waals surface area contributed by atoms with E-state index >= 15 is 0 Å². The van der Waals surface area contributed by atoms with Crippen molar-refractivity contribution in [2.75, 3.05) is 13.1 Å². The minimum absolute atomic E-state index is 0.107. The average Bonchev–Trinajstić information content (AvgIpc) is 3.02. The highest BCUT2D eigenvalue weighted by molar-refractivity contribution is 6.33. The van der Waals surface area contributed by atoms with Gasteiger partial charge in [0.15, 0.2) is 5.65 Å². The number of hydrogen-bond donors (Lipinski definition) is 0. The van der Waals surface area contributed by atoms with Crippen molar-refractivity contribution >= 4 is 34.8 Å². The number of halogens is 2. The van der Waals surface area contributed by atoms with E-state index < -0.39 is 0 Å². The first-order valence-corrected chi connectivity index (χ1v) is 9.99. The minimum Gasteiger partial charge on any atom is -0.342 e. The summed E-state index contributed by atoms with van der Waals surface area (Å²) in [5, 5.41) is 1.22. The van der Waals surface area contributed by atoms with Gasteiger partial charge in [-0.1, -0.05) is 49.2 Å². The first-order valence-electron chi connectivity index (χ1n) is 9.24. The van der Waals surface area contributed by atoms with Crippen LogP contribution in [0.4, 0.5) is 0 Å². The number of aromatic nitrogens is 2. The van der Waals surface area contributed by atoms with Crippen LogP contribution in [0.5, 0.6) is 0 Å². The monoisotopic (exact) mass is 403 g/mol. The van der Waals surface area contributed by atoms with Gasteiger partial charge in [0, 0.05) is 29.9 Å². The van der Waals surface area contributed by atoms with Crippen molar-refractivity contribution in [3.05, 3.63) is 58.3 Å². The van der Waals surface area contributed by atoms with E-state index in [1.807, 2.05) is 51.9 Å². The third-order valence-corrected chi connectivity index (χ3v) is 5.02. The zero-order valence-corrected chi connectivity index (χ0v) is 17.1. The molecule has 27 heavy (non-hydrogen) atoms. The lowest BCUT2D eigenvalue weighted by Crippen LogP contribution is -2.34. The highest BCUT2D eigenvalue weighted by atomic mass is 35.5. The largest absolute Gasteiger partial charge is 0.342 e. The van der Waals surface area contributed by atoms with Gasteiger partial charge in [0.25, 0.3) is 0 Å². The lowest BCUT2D eigenvalue weighted by Gasteiger charge is -2.21. The second-order valence-corrected chi connectivity index (χ2v) is 7.36. The van der Waals surface area contributed by atoms with E-state index in [9.17, 15) is 4.79 Å². The molecule has 0 radical (unpaired) electrons. The fourth-order valence-corrected chi connectivity index (χ4v) is 3.58. The Morgan fingerprint density at radius 2 is 1.74 bits per heavy atom. The number of carbonyl (C=O) groups is 1. The lowest BCUT2D eigenvalue weighted by atomic mass is 10.1. The number of rotatable bonds is 7. The number of hydrogen-bond acceptors (Lipinski definition) is 2. The quantitative estimate of drug-likeness (QED) is 0.522. The number of nitrogens with zero attached hydrogens (tertiary/aromatic N) is 3. The molecule has 0 aliphatic heterocycles. The topological polar surface area (TPSA) is 37.6 Å². The van der Waals surface area contributed by atoms with Crippen molar-refractivity contribution in [1.29, 1.82) is 0 Å². The summed E-state index contributed by atoms with van der Waals surface area (Å²) in [6.45, 7) is 5.70. The van der Waals surface area contributed by atoms with Gasteiger partial charge in [0.05, 0.1) is 22.8 Å². The van der Waals surface area contributed by atoms with Gasteiger partial charge in [-0.15, -0.1) is 0 Å². The molecular weight excluding hydrogens is 381 g/mol. The Morgan fingerprint density at radius 1 is 1.07 bits per heavy atom. The van der Waals surface area contributed by atoms with Crippen LogP contribution in [0.1, 0.15) is 32.4 Å². The molecule has 0 N–H and O–H groups in total. The Morgan fingerprint density at radius 3 is 2.37 bits per heavy atom. The lowest BCUT2D eigenvalue weighted by molar-refractivity contribution is -0.130. The van der Waals surface area contributed by atoms with E-state index in [4.69, 9.17) is 28.2 Å². The van der Waals surface area contributed by atoms with Crippen LogP contribution in [-0.4, -0.2) is 33.3 Å². The third kappa shape index (κ3) is 4.28. The third-order valence-electron chi connectivity index (χ3n) is 4.48. The molecule has 4 nitrogen and oxygen atoms in total. The Labute approximate surface area is 169 Å². The molecule has 2 heterocycles. The van der Waals surface area contributed by atoms with E-state index in [0.29, 0.717) is 15.7 Å². The SMILES string of the molecule is CCCN(CCC)C(=O)Cc1c(-c2ccc(Cl)cc2)nc2c(Cl)cccn12. The molecule has 0 saturated carbocycles. The smallest absolute Gasteiger partial charge is 0.228 e. The molecule has 0 aliphatic carbocycles. The summed E-state index contributed by atoms with van der Waals surface area (Å²) in [4.78, 5) is 19.6. The van der Waals surface area contributed by atoms with Crippen LogP contribution in [0.25, 0.3) is 16.9 Å².